The number of aliphatic hydroxyl groups is 1. The van der Waals surface area contributed by atoms with Gasteiger partial charge in [-0.05, 0) is 26.4 Å². The Balaban J connectivity index is 1.78. The Labute approximate surface area is 102 Å². The molecule has 1 N–H and O–H groups in total. The molecule has 0 saturated carbocycles. The van der Waals surface area contributed by atoms with Crippen molar-refractivity contribution in [2.45, 2.75) is 31.7 Å². The van der Waals surface area contributed by atoms with Crippen LogP contribution in [0.25, 0.3) is 0 Å². The van der Waals surface area contributed by atoms with Gasteiger partial charge >= 0.3 is 0 Å². The van der Waals surface area contributed by atoms with Crippen LogP contribution in [0.2, 0.25) is 0 Å². The Morgan fingerprint density at radius 3 is 3.00 bits per heavy atom. The summed E-state index contributed by atoms with van der Waals surface area (Å²) in [4.78, 5) is 7.17. The van der Waals surface area contributed by atoms with Crippen molar-refractivity contribution < 1.29 is 5.11 Å². The number of aliphatic hydroxyl groups excluding tert-OH is 1. The average Bonchev–Trinajstić information content (AvgIpc) is 2.93. The Hall–Kier alpha value is -0.870. The van der Waals surface area contributed by atoms with E-state index in [1.807, 2.05) is 0 Å². The Kier molecular flexibility index (Phi) is 2.92. The van der Waals surface area contributed by atoms with Gasteiger partial charge in [0, 0.05) is 44.1 Å². The minimum absolute atomic E-state index is 0.305. The zero-order chi connectivity index (χ0) is 11.8. The molecule has 1 fully saturated rings. The molecule has 4 heteroatoms. The van der Waals surface area contributed by atoms with E-state index in [1.54, 1.807) is 0 Å². The van der Waals surface area contributed by atoms with Gasteiger partial charge in [0.05, 0.1) is 5.69 Å². The molecule has 3 rings (SSSR count). The quantitative estimate of drug-likeness (QED) is 0.826. The van der Waals surface area contributed by atoms with Gasteiger partial charge in [0.1, 0.15) is 5.82 Å². The third-order valence-electron chi connectivity index (χ3n) is 4.18. The van der Waals surface area contributed by atoms with Gasteiger partial charge in [0.25, 0.3) is 0 Å². The van der Waals surface area contributed by atoms with E-state index in [9.17, 15) is 5.11 Å². The number of imidazole rings is 1. The average molecular weight is 235 g/mol. The van der Waals surface area contributed by atoms with Crippen LogP contribution in [0, 0.1) is 5.92 Å². The van der Waals surface area contributed by atoms with Crippen LogP contribution in [0.4, 0.5) is 0 Å². The summed E-state index contributed by atoms with van der Waals surface area (Å²) in [6.07, 6.45) is 5.56. The highest BCUT2D eigenvalue weighted by Gasteiger charge is 2.26. The SMILES string of the molecule is CN1CCC(c2cn3c(n2)CCC(CO)C3)C1. The Morgan fingerprint density at radius 2 is 2.29 bits per heavy atom. The predicted octanol–water partition coefficient (Wildman–Crippen LogP) is 0.857. The maximum Gasteiger partial charge on any atom is 0.108 e. The van der Waals surface area contributed by atoms with Crippen molar-refractivity contribution in [1.29, 1.82) is 0 Å². The lowest BCUT2D eigenvalue weighted by atomic mass is 10.0. The number of hydrogen-bond acceptors (Lipinski definition) is 3. The maximum atomic E-state index is 9.23. The summed E-state index contributed by atoms with van der Waals surface area (Å²) in [5.41, 5.74) is 1.27. The lowest BCUT2D eigenvalue weighted by Crippen LogP contribution is -2.22. The van der Waals surface area contributed by atoms with E-state index in [1.165, 1.54) is 24.5 Å². The maximum absolute atomic E-state index is 9.23. The zero-order valence-electron chi connectivity index (χ0n) is 10.5. The fraction of sp³-hybridized carbons (Fsp3) is 0.769. The Bertz CT molecular complexity index is 401. The standard InChI is InChI=1S/C13H21N3O/c1-15-5-4-11(7-15)12-8-16-6-10(9-17)2-3-13(16)14-12/h8,10-11,17H,2-7,9H2,1H3. The number of aryl methyl sites for hydroxylation is 1. The van der Waals surface area contributed by atoms with E-state index >= 15 is 0 Å². The van der Waals surface area contributed by atoms with E-state index in [4.69, 9.17) is 4.98 Å². The molecule has 2 unspecified atom stereocenters. The normalized spacial score (nSPS) is 29.5. The Morgan fingerprint density at radius 1 is 1.41 bits per heavy atom. The minimum atomic E-state index is 0.305. The van der Waals surface area contributed by atoms with Crippen LogP contribution in [0.1, 0.15) is 30.3 Å². The van der Waals surface area contributed by atoms with Gasteiger partial charge in [-0.25, -0.2) is 4.98 Å². The molecule has 1 aromatic heterocycles. The summed E-state index contributed by atoms with van der Waals surface area (Å²) in [7, 11) is 2.18. The van der Waals surface area contributed by atoms with Crippen LogP contribution in [-0.4, -0.2) is 46.3 Å². The van der Waals surface area contributed by atoms with Crippen LogP contribution in [0.5, 0.6) is 0 Å². The molecule has 0 bridgehead atoms. The van der Waals surface area contributed by atoms with Crippen LogP contribution in [-0.2, 0) is 13.0 Å². The molecule has 0 amide bonds. The summed E-state index contributed by atoms with van der Waals surface area (Å²) in [5, 5.41) is 9.23. The summed E-state index contributed by atoms with van der Waals surface area (Å²) < 4.78 is 2.26. The second-order valence-corrected chi connectivity index (χ2v) is 5.57. The van der Waals surface area contributed by atoms with Gasteiger partial charge in [-0.15, -0.1) is 0 Å². The first kappa shape index (κ1) is 11.2. The molecule has 4 nitrogen and oxygen atoms in total. The van der Waals surface area contributed by atoms with Crippen molar-refractivity contribution in [2.75, 3.05) is 26.7 Å². The van der Waals surface area contributed by atoms with Gasteiger partial charge in [0.15, 0.2) is 0 Å². The highest BCUT2D eigenvalue weighted by molar-refractivity contribution is 5.13. The molecule has 0 spiro atoms. The molecule has 3 heterocycles. The summed E-state index contributed by atoms with van der Waals surface area (Å²) in [6, 6.07) is 0. The smallest absolute Gasteiger partial charge is 0.108 e. The van der Waals surface area contributed by atoms with Gasteiger partial charge < -0.3 is 14.6 Å². The van der Waals surface area contributed by atoms with E-state index < -0.39 is 0 Å². The molecular formula is C13H21N3O. The number of likely N-dealkylation sites (tertiary alicyclic amines) is 1. The molecule has 0 aromatic carbocycles. The van der Waals surface area contributed by atoms with Crippen LogP contribution in [0.3, 0.4) is 0 Å². The molecule has 0 aliphatic carbocycles. The second kappa shape index (κ2) is 4.42. The lowest BCUT2D eigenvalue weighted by Gasteiger charge is -2.21. The molecule has 2 atom stereocenters. The predicted molar refractivity (Wildman–Crippen MR) is 66.0 cm³/mol. The third-order valence-corrected chi connectivity index (χ3v) is 4.18. The number of nitrogens with zero attached hydrogens (tertiary/aromatic N) is 3. The zero-order valence-corrected chi connectivity index (χ0v) is 10.5. The molecule has 17 heavy (non-hydrogen) atoms. The minimum Gasteiger partial charge on any atom is -0.396 e. The first-order chi connectivity index (χ1) is 8.26. The number of aromatic nitrogens is 2. The van der Waals surface area contributed by atoms with Crippen molar-refractivity contribution in [3.05, 3.63) is 17.7 Å². The highest BCUT2D eigenvalue weighted by atomic mass is 16.3. The van der Waals surface area contributed by atoms with Gasteiger partial charge in [-0.1, -0.05) is 0 Å². The highest BCUT2D eigenvalue weighted by Crippen LogP contribution is 2.28. The van der Waals surface area contributed by atoms with Crippen molar-refractivity contribution >= 4 is 0 Å². The molecule has 2 aliphatic rings. The molecule has 94 valence electrons. The largest absolute Gasteiger partial charge is 0.396 e. The molecule has 2 aliphatic heterocycles. The van der Waals surface area contributed by atoms with Crippen LogP contribution < -0.4 is 0 Å². The van der Waals surface area contributed by atoms with E-state index in [-0.39, 0.29) is 0 Å². The van der Waals surface area contributed by atoms with Crippen molar-refractivity contribution in [1.82, 2.24) is 14.5 Å². The molecule has 0 radical (unpaired) electrons. The summed E-state index contributed by atoms with van der Waals surface area (Å²) >= 11 is 0. The van der Waals surface area contributed by atoms with Crippen molar-refractivity contribution in [3.8, 4) is 0 Å². The van der Waals surface area contributed by atoms with E-state index in [0.29, 0.717) is 18.4 Å². The summed E-state index contributed by atoms with van der Waals surface area (Å²) in [5.74, 6) is 2.26. The summed E-state index contributed by atoms with van der Waals surface area (Å²) in [6.45, 7) is 3.58. The fourth-order valence-electron chi connectivity index (χ4n) is 3.06. The number of fused-ring (bicyclic) bond motifs is 1. The van der Waals surface area contributed by atoms with Crippen LogP contribution in [0.15, 0.2) is 6.20 Å². The second-order valence-electron chi connectivity index (χ2n) is 5.57. The lowest BCUT2D eigenvalue weighted by molar-refractivity contribution is 0.190. The third kappa shape index (κ3) is 2.11. The van der Waals surface area contributed by atoms with Gasteiger partial charge in [0.2, 0.25) is 0 Å². The number of likely N-dealkylation sites (N-methyl/N-ethyl adjacent to an activating group) is 1. The monoisotopic (exact) mass is 235 g/mol. The van der Waals surface area contributed by atoms with Crippen molar-refractivity contribution in [2.24, 2.45) is 5.92 Å². The van der Waals surface area contributed by atoms with Gasteiger partial charge in [-0.2, -0.15) is 0 Å². The fourth-order valence-corrected chi connectivity index (χ4v) is 3.06. The number of hydrogen-bond donors (Lipinski definition) is 1. The first-order valence-corrected chi connectivity index (χ1v) is 6.61. The van der Waals surface area contributed by atoms with Crippen molar-refractivity contribution in [3.63, 3.8) is 0 Å². The molecule has 1 aromatic rings. The van der Waals surface area contributed by atoms with Gasteiger partial charge in [-0.3, -0.25) is 0 Å². The van der Waals surface area contributed by atoms with E-state index in [0.717, 1.165) is 25.9 Å². The topological polar surface area (TPSA) is 41.3 Å². The molecular weight excluding hydrogens is 214 g/mol. The van der Waals surface area contributed by atoms with E-state index in [2.05, 4.69) is 22.7 Å². The molecule has 1 saturated heterocycles. The number of rotatable bonds is 2. The van der Waals surface area contributed by atoms with Crippen LogP contribution >= 0.6 is 0 Å². The first-order valence-electron chi connectivity index (χ1n) is 6.61.